The Balaban J connectivity index is 1.77. The van der Waals surface area contributed by atoms with Crippen molar-refractivity contribution in [2.45, 2.75) is 38.8 Å². The lowest BCUT2D eigenvalue weighted by Crippen LogP contribution is -2.06. The fourth-order valence-corrected chi connectivity index (χ4v) is 3.46. The number of rotatable bonds is 4. The maximum absolute atomic E-state index is 9.23. The Labute approximate surface area is 157 Å². The zero-order chi connectivity index (χ0) is 19.0. The van der Waals surface area contributed by atoms with Crippen LogP contribution in [0.2, 0.25) is 0 Å². The number of ether oxygens (including phenoxy) is 1. The van der Waals surface area contributed by atoms with Crippen LogP contribution >= 0.6 is 0 Å². The van der Waals surface area contributed by atoms with E-state index in [2.05, 4.69) is 22.3 Å². The summed E-state index contributed by atoms with van der Waals surface area (Å²) in [5.41, 5.74) is 10.6. The number of nitrogens with zero attached hydrogens (tertiary/aromatic N) is 3. The lowest BCUT2D eigenvalue weighted by molar-refractivity contribution is 0.242. The monoisotopic (exact) mass is 360 g/mol. The number of nitriles is 1. The number of benzene rings is 2. The summed E-state index contributed by atoms with van der Waals surface area (Å²) in [7, 11) is 0. The summed E-state index contributed by atoms with van der Waals surface area (Å²) in [4.78, 5) is 4.59. The molecule has 1 heterocycles. The van der Waals surface area contributed by atoms with Gasteiger partial charge in [-0.2, -0.15) is 10.2 Å². The average Bonchev–Trinajstić information content (AvgIpc) is 3.29. The predicted molar refractivity (Wildman–Crippen MR) is 101 cm³/mol. The fourth-order valence-electron chi connectivity index (χ4n) is 3.46. The van der Waals surface area contributed by atoms with Gasteiger partial charge in [0.2, 0.25) is 5.82 Å². The molecule has 1 aromatic heterocycles. The van der Waals surface area contributed by atoms with E-state index in [0.717, 1.165) is 24.0 Å². The molecule has 0 bridgehead atoms. The van der Waals surface area contributed by atoms with E-state index in [1.165, 1.54) is 5.56 Å². The second kappa shape index (κ2) is 6.86. The summed E-state index contributed by atoms with van der Waals surface area (Å²) in [6.45, 7) is 3.88. The zero-order valence-electron chi connectivity index (χ0n) is 15.3. The molecular weight excluding hydrogens is 340 g/mol. The Morgan fingerprint density at radius 1 is 1.26 bits per heavy atom. The highest BCUT2D eigenvalue weighted by molar-refractivity contribution is 5.69. The van der Waals surface area contributed by atoms with E-state index in [4.69, 9.17) is 15.0 Å². The van der Waals surface area contributed by atoms with Gasteiger partial charge in [-0.05, 0) is 56.0 Å². The predicted octanol–water partition coefficient (Wildman–Crippen LogP) is 4.01. The van der Waals surface area contributed by atoms with Crippen LogP contribution in [0.5, 0.6) is 5.75 Å². The molecule has 1 aliphatic carbocycles. The van der Waals surface area contributed by atoms with E-state index in [0.29, 0.717) is 28.6 Å². The molecule has 6 nitrogen and oxygen atoms in total. The minimum absolute atomic E-state index is 0.0158. The molecule has 2 aromatic carbocycles. The van der Waals surface area contributed by atoms with Crippen LogP contribution in [-0.2, 0) is 6.42 Å². The molecule has 6 heteroatoms. The molecule has 1 aliphatic rings. The van der Waals surface area contributed by atoms with Gasteiger partial charge >= 0.3 is 0 Å². The minimum Gasteiger partial charge on any atom is -0.490 e. The standard InChI is InChI=1S/C21H20N4O2/c1-12(2)26-19-9-6-13(11-22)10-17(19)21-24-20(25-27-21)16-5-3-4-15-14(16)7-8-18(15)23/h3-6,9-10,12,18H,7-8,23H2,1-2H3/t18-/m0/s1. The van der Waals surface area contributed by atoms with Gasteiger partial charge in [0.15, 0.2) is 0 Å². The van der Waals surface area contributed by atoms with Crippen molar-refractivity contribution in [1.29, 1.82) is 5.26 Å². The summed E-state index contributed by atoms with van der Waals surface area (Å²) in [5.74, 6) is 1.46. The minimum atomic E-state index is -0.0158. The molecule has 0 unspecified atom stereocenters. The second-order valence-electron chi connectivity index (χ2n) is 6.93. The number of hydrogen-bond donors (Lipinski definition) is 1. The van der Waals surface area contributed by atoms with E-state index in [1.54, 1.807) is 18.2 Å². The number of aromatic nitrogens is 2. The maximum atomic E-state index is 9.23. The molecule has 3 aromatic rings. The molecule has 0 amide bonds. The van der Waals surface area contributed by atoms with Crippen molar-refractivity contribution in [2.24, 2.45) is 5.73 Å². The van der Waals surface area contributed by atoms with Gasteiger partial charge < -0.3 is 15.0 Å². The number of hydrogen-bond acceptors (Lipinski definition) is 6. The van der Waals surface area contributed by atoms with Gasteiger partial charge in [-0.15, -0.1) is 0 Å². The van der Waals surface area contributed by atoms with Crippen molar-refractivity contribution >= 4 is 0 Å². The van der Waals surface area contributed by atoms with Crippen molar-refractivity contribution in [3.05, 3.63) is 53.1 Å². The first kappa shape index (κ1) is 17.3. The third-order valence-corrected chi connectivity index (χ3v) is 4.69. The molecule has 4 rings (SSSR count). The van der Waals surface area contributed by atoms with E-state index < -0.39 is 0 Å². The van der Waals surface area contributed by atoms with Gasteiger partial charge in [0.25, 0.3) is 5.89 Å². The quantitative estimate of drug-likeness (QED) is 0.755. The molecule has 1 atom stereocenters. The van der Waals surface area contributed by atoms with Gasteiger partial charge in [-0.1, -0.05) is 23.4 Å². The molecule has 0 aliphatic heterocycles. The Kier molecular flexibility index (Phi) is 4.38. The Morgan fingerprint density at radius 3 is 2.89 bits per heavy atom. The highest BCUT2D eigenvalue weighted by atomic mass is 16.5. The van der Waals surface area contributed by atoms with Crippen molar-refractivity contribution in [3.8, 4) is 34.7 Å². The van der Waals surface area contributed by atoms with Gasteiger partial charge in [-0.25, -0.2) is 0 Å². The maximum Gasteiger partial charge on any atom is 0.262 e. The summed E-state index contributed by atoms with van der Waals surface area (Å²) < 4.78 is 11.4. The topological polar surface area (TPSA) is 98.0 Å². The van der Waals surface area contributed by atoms with Crippen LogP contribution < -0.4 is 10.5 Å². The normalized spacial score (nSPS) is 15.6. The van der Waals surface area contributed by atoms with E-state index >= 15 is 0 Å². The molecule has 27 heavy (non-hydrogen) atoms. The smallest absolute Gasteiger partial charge is 0.262 e. The molecule has 136 valence electrons. The Hall–Kier alpha value is -3.17. The second-order valence-corrected chi connectivity index (χ2v) is 6.93. The number of nitrogens with two attached hydrogens (primary N) is 1. The van der Waals surface area contributed by atoms with Crippen LogP contribution in [0.1, 0.15) is 43.0 Å². The Bertz CT molecular complexity index is 1030. The van der Waals surface area contributed by atoms with Crippen LogP contribution in [0.15, 0.2) is 40.9 Å². The van der Waals surface area contributed by atoms with Crippen LogP contribution in [0.25, 0.3) is 22.8 Å². The van der Waals surface area contributed by atoms with Gasteiger partial charge in [0.05, 0.1) is 23.3 Å². The molecule has 0 saturated carbocycles. The third-order valence-electron chi connectivity index (χ3n) is 4.69. The molecule has 0 saturated heterocycles. The SMILES string of the molecule is CC(C)Oc1ccc(C#N)cc1-c1nc(-c2cccc3c2CC[C@@H]3N)no1. The lowest BCUT2D eigenvalue weighted by atomic mass is 10.0. The average molecular weight is 360 g/mol. The first-order chi connectivity index (χ1) is 13.1. The van der Waals surface area contributed by atoms with E-state index in [-0.39, 0.29) is 12.1 Å². The molecular formula is C21H20N4O2. The van der Waals surface area contributed by atoms with Gasteiger partial charge in [0, 0.05) is 11.6 Å². The highest BCUT2D eigenvalue weighted by Crippen LogP contribution is 2.37. The number of fused-ring (bicyclic) bond motifs is 1. The van der Waals surface area contributed by atoms with Gasteiger partial charge in [0.1, 0.15) is 5.75 Å². The van der Waals surface area contributed by atoms with Crippen molar-refractivity contribution < 1.29 is 9.26 Å². The molecule has 2 N–H and O–H groups in total. The van der Waals surface area contributed by atoms with Crippen LogP contribution in [-0.4, -0.2) is 16.2 Å². The molecule has 0 fully saturated rings. The third kappa shape index (κ3) is 3.18. The summed E-state index contributed by atoms with van der Waals surface area (Å²) >= 11 is 0. The largest absolute Gasteiger partial charge is 0.490 e. The van der Waals surface area contributed by atoms with E-state index in [1.807, 2.05) is 26.0 Å². The summed E-state index contributed by atoms with van der Waals surface area (Å²) in [6, 6.07) is 13.4. The van der Waals surface area contributed by atoms with Crippen molar-refractivity contribution in [3.63, 3.8) is 0 Å². The molecule has 0 spiro atoms. The van der Waals surface area contributed by atoms with Crippen LogP contribution in [0.3, 0.4) is 0 Å². The molecule has 0 radical (unpaired) electrons. The van der Waals surface area contributed by atoms with Crippen molar-refractivity contribution in [2.75, 3.05) is 0 Å². The van der Waals surface area contributed by atoms with E-state index in [9.17, 15) is 5.26 Å². The fraction of sp³-hybridized carbons (Fsp3) is 0.286. The Morgan fingerprint density at radius 2 is 2.11 bits per heavy atom. The summed E-state index contributed by atoms with van der Waals surface area (Å²) in [6.07, 6.45) is 1.81. The first-order valence-electron chi connectivity index (χ1n) is 8.99. The van der Waals surface area contributed by atoms with Crippen LogP contribution in [0.4, 0.5) is 0 Å². The first-order valence-corrected chi connectivity index (χ1v) is 8.99. The van der Waals surface area contributed by atoms with Gasteiger partial charge in [-0.3, -0.25) is 0 Å². The lowest BCUT2D eigenvalue weighted by Gasteiger charge is -2.12. The highest BCUT2D eigenvalue weighted by Gasteiger charge is 2.24. The van der Waals surface area contributed by atoms with Crippen molar-refractivity contribution in [1.82, 2.24) is 10.1 Å². The van der Waals surface area contributed by atoms with Crippen LogP contribution in [0, 0.1) is 11.3 Å². The zero-order valence-corrected chi connectivity index (χ0v) is 15.3. The summed E-state index contributed by atoms with van der Waals surface area (Å²) in [5, 5.41) is 13.4.